The summed E-state index contributed by atoms with van der Waals surface area (Å²) in [4.78, 5) is 20.8. The molecule has 3 unspecified atom stereocenters. The van der Waals surface area contributed by atoms with Crippen molar-refractivity contribution < 1.29 is 28.1 Å². The molecule has 8 heteroatoms. The Morgan fingerprint density at radius 3 is 1.72 bits per heavy atom. The molecule has 0 aliphatic carbocycles. The lowest BCUT2D eigenvalue weighted by molar-refractivity contribution is -0.873. The van der Waals surface area contributed by atoms with Gasteiger partial charge in [-0.05, 0) is 19.4 Å². The molecule has 0 aromatic heterocycles. The van der Waals surface area contributed by atoms with Gasteiger partial charge in [-0.15, -0.1) is 0 Å². The van der Waals surface area contributed by atoms with Gasteiger partial charge in [0.05, 0.1) is 27.2 Å². The molecule has 0 fully saturated rings. The van der Waals surface area contributed by atoms with Crippen LogP contribution in [0.25, 0.3) is 0 Å². The van der Waals surface area contributed by atoms with Crippen molar-refractivity contribution in [2.24, 2.45) is 0 Å². The van der Waals surface area contributed by atoms with Gasteiger partial charge in [-0.1, -0.05) is 104 Å². The SMILES string of the molecule is CCCCCCCCCCNCC(CC(C[N+](C)(C)C)OP(=O)([O-])O)OCCCCCCCCCC. The van der Waals surface area contributed by atoms with Gasteiger partial charge in [-0.25, -0.2) is 0 Å². The first-order valence-electron chi connectivity index (χ1n) is 14.9. The number of hydrogen-bond donors (Lipinski definition) is 2. The molecule has 2 N–H and O–H groups in total. The normalized spacial score (nSPS) is 15.6. The number of rotatable bonds is 27. The molecule has 0 radical (unpaired) electrons. The van der Waals surface area contributed by atoms with Gasteiger partial charge in [0, 0.05) is 19.6 Å². The Labute approximate surface area is 223 Å². The van der Waals surface area contributed by atoms with Gasteiger partial charge in [-0.3, -0.25) is 4.57 Å². The van der Waals surface area contributed by atoms with Crippen LogP contribution in [-0.4, -0.2) is 69.0 Å². The maximum atomic E-state index is 11.5. The van der Waals surface area contributed by atoms with Crippen molar-refractivity contribution >= 4 is 7.82 Å². The standard InChI is InChI=1S/C28H61N2O5P/c1-6-8-10-12-14-16-18-20-22-29-25-27(34-23-21-19-17-15-13-11-9-7-2)24-28(26-30(3,4)5)35-36(31,32)33/h27-29H,6-26H2,1-5H3,(H-,31,32,33). The number of quaternary nitrogens is 1. The van der Waals surface area contributed by atoms with Gasteiger partial charge < -0.3 is 28.8 Å². The Hall–Kier alpha value is -0.0100. The van der Waals surface area contributed by atoms with Crippen molar-refractivity contribution in [3.8, 4) is 0 Å². The van der Waals surface area contributed by atoms with Gasteiger partial charge in [0.1, 0.15) is 12.6 Å². The molecule has 0 aromatic carbocycles. The molecule has 0 saturated carbocycles. The van der Waals surface area contributed by atoms with E-state index in [1.807, 2.05) is 21.1 Å². The van der Waals surface area contributed by atoms with Crippen molar-refractivity contribution in [3.63, 3.8) is 0 Å². The molecule has 0 saturated heterocycles. The number of nitrogens with one attached hydrogen (secondary N) is 1. The highest BCUT2D eigenvalue weighted by Crippen LogP contribution is 2.34. The van der Waals surface area contributed by atoms with Crippen LogP contribution in [0.1, 0.15) is 123 Å². The topological polar surface area (TPSA) is 90.9 Å². The van der Waals surface area contributed by atoms with E-state index in [1.54, 1.807) is 0 Å². The van der Waals surface area contributed by atoms with Crippen LogP contribution in [0.5, 0.6) is 0 Å². The third kappa shape index (κ3) is 27.0. The highest BCUT2D eigenvalue weighted by Gasteiger charge is 2.26. The van der Waals surface area contributed by atoms with Crippen LogP contribution in [0.15, 0.2) is 0 Å². The maximum Gasteiger partial charge on any atom is 0.265 e. The summed E-state index contributed by atoms with van der Waals surface area (Å²) in [5.41, 5.74) is 0. The minimum Gasteiger partial charge on any atom is -0.756 e. The smallest absolute Gasteiger partial charge is 0.265 e. The third-order valence-corrected chi connectivity index (χ3v) is 7.05. The van der Waals surface area contributed by atoms with Crippen LogP contribution in [0.4, 0.5) is 0 Å². The summed E-state index contributed by atoms with van der Waals surface area (Å²) in [7, 11) is 1.15. The Kier molecular flexibility index (Phi) is 22.9. The number of phosphoric acid groups is 1. The summed E-state index contributed by atoms with van der Waals surface area (Å²) in [6.45, 7) is 7.24. The van der Waals surface area contributed by atoms with Crippen LogP contribution < -0.4 is 10.2 Å². The van der Waals surface area contributed by atoms with Gasteiger partial charge in [0.25, 0.3) is 7.82 Å². The first-order valence-corrected chi connectivity index (χ1v) is 16.4. The highest BCUT2D eigenvalue weighted by molar-refractivity contribution is 7.44. The van der Waals surface area contributed by atoms with E-state index in [0.717, 1.165) is 25.8 Å². The van der Waals surface area contributed by atoms with Gasteiger partial charge in [-0.2, -0.15) is 0 Å². The summed E-state index contributed by atoms with van der Waals surface area (Å²) >= 11 is 0. The second-order valence-corrected chi connectivity index (χ2v) is 12.7. The molecule has 218 valence electrons. The predicted molar refractivity (Wildman–Crippen MR) is 150 cm³/mol. The van der Waals surface area contributed by atoms with Crippen LogP contribution in [-0.2, 0) is 13.8 Å². The van der Waals surface area contributed by atoms with Crippen LogP contribution >= 0.6 is 7.82 Å². The van der Waals surface area contributed by atoms with E-state index in [-0.39, 0.29) is 6.10 Å². The summed E-state index contributed by atoms with van der Waals surface area (Å²) in [5, 5.41) is 3.51. The van der Waals surface area contributed by atoms with Crippen LogP contribution in [0.2, 0.25) is 0 Å². The average molecular weight is 537 g/mol. The zero-order chi connectivity index (χ0) is 27.1. The largest absolute Gasteiger partial charge is 0.756 e. The van der Waals surface area contributed by atoms with E-state index in [9.17, 15) is 14.4 Å². The van der Waals surface area contributed by atoms with E-state index in [2.05, 4.69) is 19.2 Å². The predicted octanol–water partition coefficient (Wildman–Crippen LogP) is 6.18. The number of nitrogens with zero attached hydrogens (tertiary/aromatic N) is 1. The first-order chi connectivity index (χ1) is 17.1. The lowest BCUT2D eigenvalue weighted by Crippen LogP contribution is -2.45. The Bertz CT molecular complexity index is 525. The fraction of sp³-hybridized carbons (Fsp3) is 1.00. The lowest BCUT2D eigenvalue weighted by Gasteiger charge is -2.33. The minimum absolute atomic E-state index is 0.147. The van der Waals surface area contributed by atoms with Gasteiger partial charge >= 0.3 is 0 Å². The molecule has 0 amide bonds. The number of likely N-dealkylation sites (N-methyl/N-ethyl adjacent to an activating group) is 1. The molecule has 0 rings (SSSR count). The lowest BCUT2D eigenvalue weighted by atomic mass is 10.1. The van der Waals surface area contributed by atoms with Crippen molar-refractivity contribution in [1.29, 1.82) is 0 Å². The molecule has 0 aromatic rings. The van der Waals surface area contributed by atoms with Crippen molar-refractivity contribution in [2.75, 3.05) is 47.4 Å². The van der Waals surface area contributed by atoms with E-state index in [0.29, 0.717) is 30.6 Å². The molecule has 0 aliphatic rings. The van der Waals surface area contributed by atoms with E-state index in [4.69, 9.17) is 9.26 Å². The average Bonchev–Trinajstić information content (AvgIpc) is 2.76. The van der Waals surface area contributed by atoms with Crippen molar-refractivity contribution in [3.05, 3.63) is 0 Å². The zero-order valence-electron chi connectivity index (χ0n) is 24.5. The molecular formula is C28H61N2O5P. The zero-order valence-corrected chi connectivity index (χ0v) is 25.4. The van der Waals surface area contributed by atoms with Crippen LogP contribution in [0, 0.1) is 0 Å². The Balaban J connectivity index is 4.50. The van der Waals surface area contributed by atoms with E-state index < -0.39 is 13.9 Å². The molecule has 0 aliphatic heterocycles. The number of hydrogen-bond acceptors (Lipinski definition) is 5. The Morgan fingerprint density at radius 1 is 0.778 bits per heavy atom. The molecule has 36 heavy (non-hydrogen) atoms. The highest BCUT2D eigenvalue weighted by atomic mass is 31.2. The molecule has 0 bridgehead atoms. The monoisotopic (exact) mass is 536 g/mol. The summed E-state index contributed by atoms with van der Waals surface area (Å²) < 4.78 is 23.3. The second-order valence-electron chi connectivity index (χ2n) is 11.6. The third-order valence-electron chi connectivity index (χ3n) is 6.49. The number of phosphoric ester groups is 1. The van der Waals surface area contributed by atoms with Crippen LogP contribution in [0.3, 0.4) is 0 Å². The summed E-state index contributed by atoms with van der Waals surface area (Å²) in [6.07, 6.45) is 20.0. The molecule has 0 spiro atoms. The van der Waals surface area contributed by atoms with Gasteiger partial charge in [0.15, 0.2) is 0 Å². The summed E-state index contributed by atoms with van der Waals surface area (Å²) in [6, 6.07) is 0. The quantitative estimate of drug-likeness (QED) is 0.0740. The van der Waals surface area contributed by atoms with E-state index in [1.165, 1.54) is 83.5 Å². The second kappa shape index (κ2) is 22.9. The molecular weight excluding hydrogens is 475 g/mol. The van der Waals surface area contributed by atoms with E-state index >= 15 is 0 Å². The number of unbranched alkanes of at least 4 members (excludes halogenated alkanes) is 14. The Morgan fingerprint density at radius 2 is 1.25 bits per heavy atom. The number of ether oxygens (including phenoxy) is 1. The van der Waals surface area contributed by atoms with Crippen molar-refractivity contribution in [2.45, 2.75) is 135 Å². The molecule has 7 nitrogen and oxygen atoms in total. The fourth-order valence-corrected chi connectivity index (χ4v) is 5.12. The maximum absolute atomic E-state index is 11.5. The molecule has 0 heterocycles. The first kappa shape index (κ1) is 36.0. The molecule has 3 atom stereocenters. The van der Waals surface area contributed by atoms with Crippen molar-refractivity contribution in [1.82, 2.24) is 5.32 Å². The summed E-state index contributed by atoms with van der Waals surface area (Å²) in [5.74, 6) is 0. The fourth-order valence-electron chi connectivity index (χ4n) is 4.59. The van der Waals surface area contributed by atoms with Gasteiger partial charge in [0.2, 0.25) is 0 Å². The minimum atomic E-state index is -4.81.